The molecule has 1 aromatic carbocycles. The minimum atomic E-state index is -0.0855. The Kier molecular flexibility index (Phi) is 4.65. The largest absolute Gasteiger partial charge is 0.311 e. The fraction of sp³-hybridized carbons (Fsp3) is 0.211. The molecule has 1 aliphatic rings. The minimum Gasteiger partial charge on any atom is -0.311 e. The van der Waals surface area contributed by atoms with Crippen LogP contribution in [0.3, 0.4) is 0 Å². The van der Waals surface area contributed by atoms with Crippen molar-refractivity contribution in [3.8, 4) is 0 Å². The first-order valence-corrected chi connectivity index (χ1v) is 10.2. The van der Waals surface area contributed by atoms with Gasteiger partial charge in [0.2, 0.25) is 5.91 Å². The number of para-hydroxylation sites is 1. The maximum absolute atomic E-state index is 12.7. The van der Waals surface area contributed by atoms with Gasteiger partial charge >= 0.3 is 0 Å². The van der Waals surface area contributed by atoms with Gasteiger partial charge in [0, 0.05) is 18.8 Å². The van der Waals surface area contributed by atoms with Crippen molar-refractivity contribution >= 4 is 44.9 Å². The average molecular weight is 383 g/mol. The van der Waals surface area contributed by atoms with Crippen LogP contribution in [0.15, 0.2) is 58.3 Å². The van der Waals surface area contributed by atoms with Crippen molar-refractivity contribution < 1.29 is 4.79 Å². The fourth-order valence-corrected chi connectivity index (χ4v) is 4.82. The van der Waals surface area contributed by atoms with Gasteiger partial charge in [-0.25, -0.2) is 4.98 Å². The van der Waals surface area contributed by atoms with E-state index in [1.165, 1.54) is 28.7 Å². The number of thioether (sulfide) groups is 1. The molecule has 1 amide bonds. The molecule has 3 heterocycles. The van der Waals surface area contributed by atoms with Gasteiger partial charge in [0.15, 0.2) is 5.16 Å². The molecule has 0 unspecified atom stereocenters. The van der Waals surface area contributed by atoms with Gasteiger partial charge in [-0.2, -0.15) is 0 Å². The molecule has 0 bridgehead atoms. The lowest BCUT2D eigenvalue weighted by atomic mass is 10.2. The van der Waals surface area contributed by atoms with Gasteiger partial charge in [0.05, 0.1) is 11.1 Å². The van der Waals surface area contributed by atoms with E-state index in [4.69, 9.17) is 0 Å². The van der Waals surface area contributed by atoms with Crippen LogP contribution in [0, 0.1) is 0 Å². The van der Waals surface area contributed by atoms with Crippen molar-refractivity contribution in [2.75, 3.05) is 17.2 Å². The van der Waals surface area contributed by atoms with E-state index in [-0.39, 0.29) is 17.2 Å². The van der Waals surface area contributed by atoms with E-state index in [2.05, 4.69) is 17.6 Å². The highest BCUT2D eigenvalue weighted by Gasteiger charge is 2.24. The fourth-order valence-electron chi connectivity index (χ4n) is 3.13. The zero-order valence-corrected chi connectivity index (χ0v) is 15.7. The molecule has 0 spiro atoms. The van der Waals surface area contributed by atoms with Crippen LogP contribution in [0.4, 0.5) is 5.69 Å². The number of hydrogen-bond acceptors (Lipinski definition) is 5. The minimum absolute atomic E-state index is 0.0330. The Morgan fingerprint density at radius 3 is 3.04 bits per heavy atom. The number of thiophene rings is 1. The molecule has 0 saturated carbocycles. The van der Waals surface area contributed by atoms with Crippen LogP contribution in [0.5, 0.6) is 0 Å². The van der Waals surface area contributed by atoms with E-state index in [1.54, 1.807) is 16.7 Å². The van der Waals surface area contributed by atoms with Crippen LogP contribution in [0.25, 0.3) is 10.2 Å². The van der Waals surface area contributed by atoms with Gasteiger partial charge in [-0.1, -0.05) is 36.0 Å². The van der Waals surface area contributed by atoms with E-state index >= 15 is 0 Å². The Bertz CT molecular complexity index is 1050. The van der Waals surface area contributed by atoms with Crippen LogP contribution in [-0.2, 0) is 17.8 Å². The summed E-state index contributed by atoms with van der Waals surface area (Å²) >= 11 is 2.74. The number of carbonyl (C=O) groups excluding carboxylic acids is 1. The lowest BCUT2D eigenvalue weighted by molar-refractivity contribution is -0.116. The van der Waals surface area contributed by atoms with Crippen molar-refractivity contribution in [1.29, 1.82) is 0 Å². The third-order valence-corrected chi connectivity index (χ3v) is 6.14. The summed E-state index contributed by atoms with van der Waals surface area (Å²) in [6, 6.07) is 9.77. The summed E-state index contributed by atoms with van der Waals surface area (Å²) in [5, 5.41) is 3.03. The van der Waals surface area contributed by atoms with Gasteiger partial charge in [0.1, 0.15) is 4.83 Å². The SMILES string of the molecule is C=CCn1c(SCC(=O)N2CCc3ccccc32)nc2sccc2c1=O. The lowest BCUT2D eigenvalue weighted by Crippen LogP contribution is -2.31. The first kappa shape index (κ1) is 17.1. The quantitative estimate of drug-likeness (QED) is 0.385. The molecule has 2 aromatic heterocycles. The molecule has 0 atom stereocenters. The third kappa shape index (κ3) is 2.97. The second-order valence-electron chi connectivity index (χ2n) is 5.95. The Morgan fingerprint density at radius 1 is 1.35 bits per heavy atom. The Labute approximate surface area is 159 Å². The van der Waals surface area contributed by atoms with Crippen molar-refractivity contribution in [2.45, 2.75) is 18.1 Å². The number of allylic oxidation sites excluding steroid dienone is 1. The molecule has 0 fully saturated rings. The normalized spacial score (nSPS) is 13.2. The highest BCUT2D eigenvalue weighted by atomic mass is 32.2. The average Bonchev–Trinajstić information content (AvgIpc) is 3.29. The molecule has 7 heteroatoms. The molecule has 0 saturated heterocycles. The molecule has 0 aliphatic carbocycles. The summed E-state index contributed by atoms with van der Waals surface area (Å²) in [6.45, 7) is 4.80. The number of benzene rings is 1. The lowest BCUT2D eigenvalue weighted by Gasteiger charge is -2.17. The Hall–Kier alpha value is -2.38. The van der Waals surface area contributed by atoms with Crippen molar-refractivity contribution in [3.05, 3.63) is 64.3 Å². The number of anilines is 1. The molecule has 26 heavy (non-hydrogen) atoms. The number of aromatic nitrogens is 2. The molecule has 5 nitrogen and oxygen atoms in total. The number of carbonyl (C=O) groups is 1. The Morgan fingerprint density at radius 2 is 2.19 bits per heavy atom. The summed E-state index contributed by atoms with van der Waals surface area (Å²) < 4.78 is 1.58. The zero-order valence-electron chi connectivity index (χ0n) is 14.1. The summed E-state index contributed by atoms with van der Waals surface area (Å²) in [4.78, 5) is 32.5. The highest BCUT2D eigenvalue weighted by Crippen LogP contribution is 2.29. The first-order chi connectivity index (χ1) is 12.7. The first-order valence-electron chi connectivity index (χ1n) is 8.29. The predicted octanol–water partition coefficient (Wildman–Crippen LogP) is 3.33. The Balaban J connectivity index is 1.58. The second-order valence-corrected chi connectivity index (χ2v) is 7.79. The highest BCUT2D eigenvalue weighted by molar-refractivity contribution is 7.99. The second kappa shape index (κ2) is 7.09. The summed E-state index contributed by atoms with van der Waals surface area (Å²) in [7, 11) is 0. The summed E-state index contributed by atoms with van der Waals surface area (Å²) in [5.74, 6) is 0.278. The molecule has 1 aliphatic heterocycles. The van der Waals surface area contributed by atoms with Crippen LogP contribution in [0.1, 0.15) is 5.56 Å². The zero-order chi connectivity index (χ0) is 18.1. The van der Waals surface area contributed by atoms with E-state index in [9.17, 15) is 9.59 Å². The number of hydrogen-bond donors (Lipinski definition) is 0. The predicted molar refractivity (Wildman–Crippen MR) is 107 cm³/mol. The molecule has 0 radical (unpaired) electrons. The van der Waals surface area contributed by atoms with Gasteiger partial charge in [-0.05, 0) is 29.5 Å². The van der Waals surface area contributed by atoms with E-state index in [0.29, 0.717) is 28.5 Å². The molecule has 132 valence electrons. The molecule has 0 N–H and O–H groups in total. The van der Waals surface area contributed by atoms with Gasteiger partial charge in [-0.15, -0.1) is 17.9 Å². The summed E-state index contributed by atoms with van der Waals surface area (Å²) in [6.07, 6.45) is 2.55. The third-order valence-electron chi connectivity index (χ3n) is 4.37. The smallest absolute Gasteiger partial charge is 0.263 e. The van der Waals surface area contributed by atoms with Gasteiger partial charge in [-0.3, -0.25) is 14.2 Å². The van der Waals surface area contributed by atoms with Crippen LogP contribution < -0.4 is 10.5 Å². The molecule has 3 aromatic rings. The molecule has 4 rings (SSSR count). The van der Waals surface area contributed by atoms with Gasteiger partial charge in [0.25, 0.3) is 5.56 Å². The van der Waals surface area contributed by atoms with Crippen LogP contribution in [0.2, 0.25) is 0 Å². The topological polar surface area (TPSA) is 55.2 Å². The number of rotatable bonds is 5. The monoisotopic (exact) mass is 383 g/mol. The summed E-state index contributed by atoms with van der Waals surface area (Å²) in [5.41, 5.74) is 2.11. The van der Waals surface area contributed by atoms with Gasteiger partial charge < -0.3 is 4.90 Å². The molecular weight excluding hydrogens is 366 g/mol. The van der Waals surface area contributed by atoms with Crippen molar-refractivity contribution in [3.63, 3.8) is 0 Å². The standard InChI is InChI=1S/C19H17N3O2S2/c1-2-9-22-18(24)14-8-11-25-17(14)20-19(22)26-12-16(23)21-10-7-13-5-3-4-6-15(13)21/h2-6,8,11H,1,7,9-10,12H2. The van der Waals surface area contributed by atoms with E-state index in [1.807, 2.05) is 28.5 Å². The number of nitrogens with zero attached hydrogens (tertiary/aromatic N) is 3. The van der Waals surface area contributed by atoms with Crippen LogP contribution in [-0.4, -0.2) is 27.8 Å². The van der Waals surface area contributed by atoms with Crippen molar-refractivity contribution in [2.24, 2.45) is 0 Å². The maximum atomic E-state index is 12.7. The van der Waals surface area contributed by atoms with Crippen LogP contribution >= 0.6 is 23.1 Å². The molecular formula is C19H17N3O2S2. The van der Waals surface area contributed by atoms with E-state index < -0.39 is 0 Å². The maximum Gasteiger partial charge on any atom is 0.263 e. The van der Waals surface area contributed by atoms with Crippen molar-refractivity contribution in [1.82, 2.24) is 9.55 Å². The number of amides is 1. The van der Waals surface area contributed by atoms with E-state index in [0.717, 1.165) is 12.1 Å². The number of fused-ring (bicyclic) bond motifs is 2.